The Labute approximate surface area is 75.0 Å². The summed E-state index contributed by atoms with van der Waals surface area (Å²) >= 11 is 0. The van der Waals surface area contributed by atoms with Crippen LogP contribution in [0.1, 0.15) is 15.9 Å². The molecular weight excluding hydrogens is 173 g/mol. The largest absolute Gasteiger partial charge is 0.396 e. The van der Waals surface area contributed by atoms with Gasteiger partial charge in [0, 0.05) is 6.61 Å². The highest BCUT2D eigenvalue weighted by Crippen LogP contribution is 2.12. The van der Waals surface area contributed by atoms with E-state index < -0.39 is 11.7 Å². The zero-order valence-corrected chi connectivity index (χ0v) is 6.96. The van der Waals surface area contributed by atoms with Crippen LogP contribution in [0.2, 0.25) is 0 Å². The normalized spacial score (nSPS) is 10.0. The van der Waals surface area contributed by atoms with E-state index in [1.165, 1.54) is 18.2 Å². The van der Waals surface area contributed by atoms with Gasteiger partial charge in [0.2, 0.25) is 0 Å². The third-order valence-electron chi connectivity index (χ3n) is 1.73. The van der Waals surface area contributed by atoms with Crippen molar-refractivity contribution in [1.29, 1.82) is 0 Å². The van der Waals surface area contributed by atoms with E-state index in [1.54, 1.807) is 0 Å². The van der Waals surface area contributed by atoms with Crippen LogP contribution in [0.4, 0.5) is 4.39 Å². The molecule has 0 unspecified atom stereocenters. The highest BCUT2D eigenvalue weighted by Gasteiger charge is 2.10. The molecule has 0 spiro atoms. The lowest BCUT2D eigenvalue weighted by molar-refractivity contribution is 0.0996. The molecule has 4 heteroatoms. The maximum Gasteiger partial charge on any atom is 0.251 e. The van der Waals surface area contributed by atoms with Crippen LogP contribution in [0.25, 0.3) is 0 Å². The molecule has 0 aliphatic rings. The van der Waals surface area contributed by atoms with E-state index in [0.29, 0.717) is 5.56 Å². The molecule has 1 amide bonds. The summed E-state index contributed by atoms with van der Waals surface area (Å²) in [5, 5.41) is 8.59. The molecule has 0 radical (unpaired) electrons. The lowest BCUT2D eigenvalue weighted by Crippen LogP contribution is -2.14. The van der Waals surface area contributed by atoms with Gasteiger partial charge in [0.15, 0.2) is 0 Å². The van der Waals surface area contributed by atoms with Gasteiger partial charge in [-0.1, -0.05) is 12.1 Å². The maximum absolute atomic E-state index is 13.3. The number of amides is 1. The van der Waals surface area contributed by atoms with E-state index in [0.717, 1.165) is 0 Å². The number of halogens is 1. The van der Waals surface area contributed by atoms with Gasteiger partial charge in [0.05, 0.1) is 5.56 Å². The molecule has 1 aromatic rings. The summed E-state index contributed by atoms with van der Waals surface area (Å²) in [5.74, 6) is -1.43. The van der Waals surface area contributed by atoms with Crippen molar-refractivity contribution < 1.29 is 14.3 Å². The summed E-state index contributed by atoms with van der Waals surface area (Å²) in [4.78, 5) is 10.7. The Morgan fingerprint density at radius 1 is 1.54 bits per heavy atom. The number of aliphatic hydroxyl groups excluding tert-OH is 1. The SMILES string of the molecule is NC(=O)c1cccc(CCO)c1F. The summed E-state index contributed by atoms with van der Waals surface area (Å²) < 4.78 is 13.3. The third-order valence-corrected chi connectivity index (χ3v) is 1.73. The minimum absolute atomic E-state index is 0.133. The van der Waals surface area contributed by atoms with Crippen LogP contribution >= 0.6 is 0 Å². The molecule has 1 aromatic carbocycles. The molecule has 0 saturated heterocycles. The van der Waals surface area contributed by atoms with Crippen molar-refractivity contribution in [2.75, 3.05) is 6.61 Å². The Bertz CT molecular complexity index is 325. The Morgan fingerprint density at radius 2 is 2.23 bits per heavy atom. The smallest absolute Gasteiger partial charge is 0.251 e. The van der Waals surface area contributed by atoms with Gasteiger partial charge in [0.1, 0.15) is 5.82 Å². The van der Waals surface area contributed by atoms with E-state index >= 15 is 0 Å². The van der Waals surface area contributed by atoms with Gasteiger partial charge in [-0.15, -0.1) is 0 Å². The molecular formula is C9H10FNO2. The second-order valence-corrected chi connectivity index (χ2v) is 2.62. The summed E-state index contributed by atoms with van der Waals surface area (Å²) in [7, 11) is 0. The first kappa shape index (κ1) is 9.67. The molecule has 0 saturated carbocycles. The Kier molecular flexibility index (Phi) is 2.97. The number of hydrogen-bond donors (Lipinski definition) is 2. The fourth-order valence-electron chi connectivity index (χ4n) is 1.08. The van der Waals surface area contributed by atoms with Crippen molar-refractivity contribution >= 4 is 5.91 Å². The average molecular weight is 183 g/mol. The molecule has 70 valence electrons. The Morgan fingerprint density at radius 3 is 2.77 bits per heavy atom. The predicted molar refractivity (Wildman–Crippen MR) is 45.7 cm³/mol. The van der Waals surface area contributed by atoms with Crippen molar-refractivity contribution in [3.8, 4) is 0 Å². The molecule has 0 bridgehead atoms. The molecule has 0 atom stereocenters. The molecule has 0 heterocycles. The van der Waals surface area contributed by atoms with Crippen LogP contribution in [0, 0.1) is 5.82 Å². The summed E-state index contributed by atoms with van der Waals surface area (Å²) in [6.07, 6.45) is 0.187. The van der Waals surface area contributed by atoms with Gasteiger partial charge < -0.3 is 10.8 Å². The zero-order valence-electron chi connectivity index (χ0n) is 6.96. The molecule has 0 aliphatic carbocycles. The highest BCUT2D eigenvalue weighted by molar-refractivity contribution is 5.93. The van der Waals surface area contributed by atoms with Gasteiger partial charge in [-0.05, 0) is 18.1 Å². The van der Waals surface area contributed by atoms with E-state index in [1.807, 2.05) is 0 Å². The lowest BCUT2D eigenvalue weighted by atomic mass is 10.1. The predicted octanol–water partition coefficient (Wildman–Crippen LogP) is 0.459. The number of benzene rings is 1. The first-order valence-corrected chi connectivity index (χ1v) is 3.85. The van der Waals surface area contributed by atoms with Crippen molar-refractivity contribution in [1.82, 2.24) is 0 Å². The van der Waals surface area contributed by atoms with Crippen LogP contribution in [0.3, 0.4) is 0 Å². The molecule has 13 heavy (non-hydrogen) atoms. The Hall–Kier alpha value is -1.42. The number of carbonyl (C=O) groups excluding carboxylic acids is 1. The number of aliphatic hydroxyl groups is 1. The third kappa shape index (κ3) is 2.03. The molecule has 3 N–H and O–H groups in total. The van der Waals surface area contributed by atoms with Crippen molar-refractivity contribution in [3.63, 3.8) is 0 Å². The highest BCUT2D eigenvalue weighted by atomic mass is 19.1. The van der Waals surface area contributed by atoms with Crippen LogP contribution in [0.5, 0.6) is 0 Å². The minimum Gasteiger partial charge on any atom is -0.396 e. The van der Waals surface area contributed by atoms with Gasteiger partial charge in [-0.3, -0.25) is 4.79 Å². The van der Waals surface area contributed by atoms with E-state index in [4.69, 9.17) is 10.8 Å². The van der Waals surface area contributed by atoms with Crippen molar-refractivity contribution in [3.05, 3.63) is 35.1 Å². The lowest BCUT2D eigenvalue weighted by Gasteiger charge is -2.03. The van der Waals surface area contributed by atoms with Crippen molar-refractivity contribution in [2.24, 2.45) is 5.73 Å². The van der Waals surface area contributed by atoms with Gasteiger partial charge in [0.25, 0.3) is 5.91 Å². The van der Waals surface area contributed by atoms with Gasteiger partial charge >= 0.3 is 0 Å². The maximum atomic E-state index is 13.3. The molecule has 0 aromatic heterocycles. The average Bonchev–Trinajstić information content (AvgIpc) is 2.08. The van der Waals surface area contributed by atoms with Gasteiger partial charge in [-0.2, -0.15) is 0 Å². The van der Waals surface area contributed by atoms with E-state index in [2.05, 4.69) is 0 Å². The molecule has 3 nitrogen and oxygen atoms in total. The first-order chi connectivity index (χ1) is 6.16. The number of rotatable bonds is 3. The second kappa shape index (κ2) is 4.00. The number of carbonyl (C=O) groups is 1. The first-order valence-electron chi connectivity index (χ1n) is 3.85. The number of nitrogens with two attached hydrogens (primary N) is 1. The molecule has 1 rings (SSSR count). The van der Waals surface area contributed by atoms with Crippen molar-refractivity contribution in [2.45, 2.75) is 6.42 Å². The zero-order chi connectivity index (χ0) is 9.84. The summed E-state index contributed by atoms with van der Waals surface area (Å²) in [6.45, 7) is -0.154. The van der Waals surface area contributed by atoms with Crippen LogP contribution < -0.4 is 5.73 Å². The summed E-state index contributed by atoms with van der Waals surface area (Å²) in [5.41, 5.74) is 5.11. The second-order valence-electron chi connectivity index (χ2n) is 2.62. The fourth-order valence-corrected chi connectivity index (χ4v) is 1.08. The monoisotopic (exact) mass is 183 g/mol. The van der Waals surface area contributed by atoms with Gasteiger partial charge in [-0.25, -0.2) is 4.39 Å². The van der Waals surface area contributed by atoms with E-state index in [-0.39, 0.29) is 18.6 Å². The Balaban J connectivity index is 3.10. The number of primary amides is 1. The minimum atomic E-state index is -0.794. The quantitative estimate of drug-likeness (QED) is 0.715. The molecule has 0 aliphatic heterocycles. The molecule has 0 fully saturated rings. The topological polar surface area (TPSA) is 63.3 Å². The van der Waals surface area contributed by atoms with Crippen LogP contribution in [-0.2, 0) is 6.42 Å². The van der Waals surface area contributed by atoms with Crippen LogP contribution in [-0.4, -0.2) is 17.6 Å². The number of hydrogen-bond acceptors (Lipinski definition) is 2. The van der Waals surface area contributed by atoms with E-state index in [9.17, 15) is 9.18 Å². The summed E-state index contributed by atoms with van der Waals surface area (Å²) in [6, 6.07) is 4.37. The standard InChI is InChI=1S/C9H10FNO2/c10-8-6(4-5-12)2-1-3-7(8)9(11)13/h1-3,12H,4-5H2,(H2,11,13). The van der Waals surface area contributed by atoms with Crippen LogP contribution in [0.15, 0.2) is 18.2 Å². The fraction of sp³-hybridized carbons (Fsp3) is 0.222.